The number of allylic oxidation sites excluding steroid dienone is 2. The number of aliphatic imine (C=N–C) groups is 2. The van der Waals surface area contributed by atoms with Crippen molar-refractivity contribution in [2.24, 2.45) is 21.8 Å². The van der Waals surface area contributed by atoms with E-state index in [0.29, 0.717) is 56.0 Å². The Balaban J connectivity index is 0.000000161. The quantitative estimate of drug-likeness (QED) is 0.0271. The molecular formula is C100H110BBrN14O14S2. The van der Waals surface area contributed by atoms with Crippen LogP contribution in [0.15, 0.2) is 221 Å². The van der Waals surface area contributed by atoms with Crippen LogP contribution in [-0.4, -0.2) is 206 Å². The normalized spacial score (nSPS) is 19.2. The van der Waals surface area contributed by atoms with Gasteiger partial charge in [-0.15, -0.1) is 23.5 Å². The second kappa shape index (κ2) is 41.6. The van der Waals surface area contributed by atoms with Gasteiger partial charge >= 0.3 is 31.5 Å². The van der Waals surface area contributed by atoms with Crippen molar-refractivity contribution in [3.8, 4) is 33.6 Å². The number of ether oxygens (including phenoxy) is 4. The van der Waals surface area contributed by atoms with E-state index in [1.54, 1.807) is 33.3 Å². The third kappa shape index (κ3) is 21.2. The fourth-order valence-electron chi connectivity index (χ4n) is 17.4. The number of hydrogen-bond donors (Lipinski definition) is 6. The van der Waals surface area contributed by atoms with E-state index in [9.17, 15) is 38.4 Å². The molecule has 8 aromatic carbocycles. The highest BCUT2D eigenvalue weighted by molar-refractivity contribution is 9.10. The fourth-order valence-corrected chi connectivity index (χ4v) is 20.3. The van der Waals surface area contributed by atoms with Crippen molar-refractivity contribution >= 4 is 144 Å². The Morgan fingerprint density at radius 2 is 0.818 bits per heavy atom. The number of benzene rings is 8. The highest BCUT2D eigenvalue weighted by Crippen LogP contribution is 2.42. The van der Waals surface area contributed by atoms with Crippen LogP contribution >= 0.6 is 39.5 Å². The largest absolute Gasteiger partial charge is 0.494 e. The van der Waals surface area contributed by atoms with Gasteiger partial charge in [-0.25, -0.2) is 29.1 Å². The first-order valence-corrected chi connectivity index (χ1v) is 47.3. The number of aromatic nitrogens is 4. The van der Waals surface area contributed by atoms with Crippen LogP contribution in [0.1, 0.15) is 152 Å². The fraction of sp³-hybridized carbons (Fsp3) is 0.360. The maximum Gasteiger partial charge on any atom is 0.494 e. The summed E-state index contributed by atoms with van der Waals surface area (Å²) in [5.74, 6) is 2.31. The van der Waals surface area contributed by atoms with E-state index in [1.807, 2.05) is 169 Å². The lowest BCUT2D eigenvalue weighted by atomic mass is 9.78. The monoisotopic (exact) mass is 1880 g/mol. The highest BCUT2D eigenvalue weighted by atomic mass is 79.9. The van der Waals surface area contributed by atoms with Crippen molar-refractivity contribution in [2.45, 2.75) is 152 Å². The molecule has 28 nitrogen and oxygen atoms in total. The number of thioether (sulfide) groups is 2. The van der Waals surface area contributed by atoms with Crippen molar-refractivity contribution < 1.29 is 66.6 Å². The summed E-state index contributed by atoms with van der Waals surface area (Å²) in [5, 5.41) is 15.0. The molecule has 10 aromatic rings. The molecule has 9 heterocycles. The van der Waals surface area contributed by atoms with E-state index < -0.39 is 55.7 Å². The van der Waals surface area contributed by atoms with Crippen LogP contribution in [0, 0.1) is 11.8 Å². The molecule has 132 heavy (non-hydrogen) atoms. The maximum absolute atomic E-state index is 13.9. The number of alkyl carbamates (subject to hydrolysis) is 4. The number of hydrogen-bond acceptors (Lipinski definition) is 20. The summed E-state index contributed by atoms with van der Waals surface area (Å²) in [5.41, 5.74) is 13.9. The molecule has 2 aromatic heterocycles. The van der Waals surface area contributed by atoms with Gasteiger partial charge in [0, 0.05) is 78.5 Å². The van der Waals surface area contributed by atoms with E-state index in [1.165, 1.54) is 28.4 Å². The molecule has 7 aliphatic heterocycles. The Labute approximate surface area is 785 Å². The molecule has 0 radical (unpaired) electrons. The summed E-state index contributed by atoms with van der Waals surface area (Å²) in [6.07, 6.45) is 9.46. The number of fused-ring (bicyclic) bond motifs is 2. The van der Waals surface area contributed by atoms with Crippen molar-refractivity contribution in [3.63, 3.8) is 0 Å². The topological polar surface area (TPSA) is 335 Å². The van der Waals surface area contributed by atoms with Crippen LogP contribution in [0.4, 0.5) is 19.2 Å². The van der Waals surface area contributed by atoms with Crippen molar-refractivity contribution in [1.82, 2.24) is 60.8 Å². The standard InChI is InChI=1S/C47H49N7O6S.C27H25BrN4O3.C26H36BN3O5S/c1-28(2)40(51-46(57)59-3)43(55)54-21-22-61-45(54)37-25-36(26-48-37)30-14-12-29(13-15-30)32-16-17-34-24-35(19-18-33(34)23-32)38-27-49-42(50-38)39-11-8-20-53(39)44(56)41(52-47(58)60-4)31-9-6-5-7-10-31;1-35-27(34)31-24(17-6-3-2-4-7-17)26(33)32-13-5-8-23(32)25-29-16-22(30-25)20-10-9-19-15-21(28)12-11-18(19)14-20;1-16(2)21(29-24(32)33-7)22(31)30-12-13-36-23(30)20-14-18(15-28-20)17-8-10-19(11-9-17)27-34-25(3,4)26(5,6)35-27/h5-7,9-10,12-19,23-24,26-28,39-41,45H,8,11,20-22,25H2,1-4H3,(H,49,50)(H,51,57)(H,52,58);2-4,6-7,9-12,14-16,23-24H,5,8,13H2,1H3,(H,29,30)(H,31,34);8-11,15-16,21,23H,12-14H2,1-7H3,(H,29,32)/t39-,40-,41+,45-;23-,24+;21-,23-/m000/s1. The predicted molar refractivity (Wildman–Crippen MR) is 519 cm³/mol. The molecule has 5 saturated heterocycles. The lowest BCUT2D eigenvalue weighted by Crippen LogP contribution is -2.53. The molecule has 17 rings (SSSR count). The summed E-state index contributed by atoms with van der Waals surface area (Å²) in [6.45, 7) is 18.2. The number of nitrogens with one attached hydrogen (secondary N) is 6. The zero-order chi connectivity index (χ0) is 93.2. The Morgan fingerprint density at radius 1 is 0.447 bits per heavy atom. The summed E-state index contributed by atoms with van der Waals surface area (Å²) < 4.78 is 32.5. The summed E-state index contributed by atoms with van der Waals surface area (Å²) in [4.78, 5) is 136. The number of carbonyl (C=O) groups is 8. The number of H-pyrrole nitrogens is 2. The van der Waals surface area contributed by atoms with Gasteiger partial charge in [0.25, 0.3) is 11.8 Å². The van der Waals surface area contributed by atoms with Gasteiger partial charge in [0.05, 0.1) is 86.9 Å². The molecule has 7 aliphatic rings. The average molecular weight is 1890 g/mol. The Kier molecular flexibility index (Phi) is 29.7. The number of imidazole rings is 2. The number of carbonyl (C=O) groups excluding carboxylic acids is 8. The van der Waals surface area contributed by atoms with Crippen molar-refractivity contribution in [2.75, 3.05) is 66.1 Å². The molecule has 8 atom stereocenters. The van der Waals surface area contributed by atoms with Crippen molar-refractivity contribution in [3.05, 3.63) is 245 Å². The van der Waals surface area contributed by atoms with E-state index in [2.05, 4.69) is 155 Å². The molecule has 0 saturated carbocycles. The van der Waals surface area contributed by atoms with Gasteiger partial charge in [-0.05, 0) is 167 Å². The Hall–Kier alpha value is -12.4. The van der Waals surface area contributed by atoms with Gasteiger partial charge in [-0.3, -0.25) is 29.2 Å². The number of amides is 8. The highest BCUT2D eigenvalue weighted by Gasteiger charge is 2.52. The van der Waals surface area contributed by atoms with Gasteiger partial charge in [0.15, 0.2) is 0 Å². The molecule has 0 aliphatic carbocycles. The Bertz CT molecular complexity index is 6040. The second-order valence-corrected chi connectivity index (χ2v) is 38.4. The first-order chi connectivity index (χ1) is 63.6. The van der Waals surface area contributed by atoms with Crippen LogP contribution in [0.25, 0.3) is 66.3 Å². The minimum absolute atomic E-state index is 0.0652. The number of methoxy groups -OCH3 is 4. The number of likely N-dealkylation sites (tertiary alicyclic amines) is 2. The third-order valence-electron chi connectivity index (χ3n) is 25.4. The molecule has 0 bridgehead atoms. The molecular weight excluding hydrogens is 1780 g/mol. The molecule has 6 N–H and O–H groups in total. The summed E-state index contributed by atoms with van der Waals surface area (Å²) in [7, 11) is 4.78. The van der Waals surface area contributed by atoms with Crippen LogP contribution in [0.5, 0.6) is 0 Å². The van der Waals surface area contributed by atoms with Crippen LogP contribution in [0.2, 0.25) is 0 Å². The van der Waals surface area contributed by atoms with Crippen LogP contribution < -0.4 is 26.7 Å². The molecule has 0 spiro atoms. The summed E-state index contributed by atoms with van der Waals surface area (Å²) >= 11 is 6.93. The van der Waals surface area contributed by atoms with Gasteiger partial charge < -0.3 is 79.1 Å². The van der Waals surface area contributed by atoms with Crippen LogP contribution in [0.3, 0.4) is 0 Å². The van der Waals surface area contributed by atoms with Crippen molar-refractivity contribution in [1.29, 1.82) is 0 Å². The minimum atomic E-state index is -0.879. The maximum atomic E-state index is 13.9. The SMILES string of the molecule is COC(=O)N[C@@H](C(=O)N1CCC[C@H]1c1ncc(-c2ccc3cc(Br)ccc3c2)[nH]1)c1ccccc1.COC(=O)N[C@H](C(=O)N1CCS[C@H]1C1=NC=C(c2ccc(-c3ccc4cc(-c5cnc([C@@H]6CCCN6C(=O)[C@H](NC(=O)OC)c6ccccc6)[nH]5)ccc4c3)cc2)C1)C(C)C.COC(=O)N[C@H](C(=O)N1CCS[C@H]1C1=NC=C(c2ccc(B3OC(C)(C)C(C)(C)O3)cc2)C1)C(C)C. The number of aromatic amines is 2. The van der Waals surface area contributed by atoms with E-state index in [-0.39, 0.29) is 69.5 Å². The average Bonchev–Trinajstić information content (AvgIpc) is 1.61. The molecule has 0 unspecified atom stereocenters. The van der Waals surface area contributed by atoms with Gasteiger partial charge in [-0.2, -0.15) is 0 Å². The first kappa shape index (κ1) is 94.3. The van der Waals surface area contributed by atoms with Gasteiger partial charge in [-0.1, -0.05) is 195 Å². The summed E-state index contributed by atoms with van der Waals surface area (Å²) in [6, 6.07) is 56.9. The van der Waals surface area contributed by atoms with Crippen LogP contribution in [-0.2, 0) is 47.4 Å². The van der Waals surface area contributed by atoms with Gasteiger partial charge in [0.1, 0.15) is 46.6 Å². The van der Waals surface area contributed by atoms with Gasteiger partial charge in [0.2, 0.25) is 11.8 Å². The molecule has 32 heteroatoms. The van der Waals surface area contributed by atoms with E-state index >= 15 is 0 Å². The number of halogens is 1. The zero-order valence-corrected chi connectivity index (χ0v) is 79.2. The molecule has 5 fully saturated rings. The molecule has 8 amide bonds. The predicted octanol–water partition coefficient (Wildman–Crippen LogP) is 17.3. The Morgan fingerprint density at radius 3 is 1.23 bits per heavy atom. The third-order valence-corrected chi connectivity index (χ3v) is 28.4. The first-order valence-electron chi connectivity index (χ1n) is 44.4. The minimum Gasteiger partial charge on any atom is -0.453 e. The number of rotatable bonds is 22. The smallest absolute Gasteiger partial charge is 0.453 e. The lowest BCUT2D eigenvalue weighted by molar-refractivity contribution is -0.135. The lowest BCUT2D eigenvalue weighted by Gasteiger charge is -2.32. The van der Waals surface area contributed by atoms with E-state index in [4.69, 9.17) is 43.2 Å². The van der Waals surface area contributed by atoms with E-state index in [0.717, 1.165) is 142 Å². The zero-order valence-electron chi connectivity index (χ0n) is 76.0. The second-order valence-electron chi connectivity index (χ2n) is 35.1. The molecule has 686 valence electrons. The number of nitrogens with zero attached hydrogens (tertiary/aromatic N) is 8.